The van der Waals surface area contributed by atoms with E-state index < -0.39 is 17.7 Å². The van der Waals surface area contributed by atoms with Gasteiger partial charge in [0.15, 0.2) is 0 Å². The summed E-state index contributed by atoms with van der Waals surface area (Å²) in [6.45, 7) is 1.52. The number of aromatic nitrogens is 1. The molecule has 1 heterocycles. The second-order valence-corrected chi connectivity index (χ2v) is 2.31. The summed E-state index contributed by atoms with van der Waals surface area (Å²) >= 11 is 0. The zero-order valence-electron chi connectivity index (χ0n) is 6.01. The first-order valence-corrected chi connectivity index (χ1v) is 3.17. The van der Waals surface area contributed by atoms with E-state index in [-0.39, 0.29) is 5.56 Å². The number of nitrogens with zero attached hydrogens (tertiary/aromatic N) is 1. The Morgan fingerprint density at radius 3 is 2.09 bits per heavy atom. The largest absolute Gasteiger partial charge is 0.324 e. The van der Waals surface area contributed by atoms with Crippen LogP contribution in [0, 0.1) is 11.6 Å². The molecule has 0 saturated heterocycles. The molecular weight excluding hydrogens is 150 g/mol. The fourth-order valence-corrected chi connectivity index (χ4v) is 0.856. The Balaban J connectivity index is 3.21. The summed E-state index contributed by atoms with van der Waals surface area (Å²) in [7, 11) is 0. The Morgan fingerprint density at radius 2 is 1.82 bits per heavy atom. The van der Waals surface area contributed by atoms with Crippen LogP contribution in [0.15, 0.2) is 12.4 Å². The van der Waals surface area contributed by atoms with Crippen LogP contribution >= 0.6 is 0 Å². The molecular formula is C7H8F2N2. The van der Waals surface area contributed by atoms with Gasteiger partial charge in [-0.15, -0.1) is 0 Å². The van der Waals surface area contributed by atoms with Crippen molar-refractivity contribution in [3.63, 3.8) is 0 Å². The normalized spacial score (nSPS) is 13.1. The number of halogens is 2. The van der Waals surface area contributed by atoms with E-state index in [2.05, 4.69) is 4.98 Å². The quantitative estimate of drug-likeness (QED) is 0.670. The van der Waals surface area contributed by atoms with Crippen molar-refractivity contribution >= 4 is 0 Å². The highest BCUT2D eigenvalue weighted by atomic mass is 19.1. The highest BCUT2D eigenvalue weighted by Gasteiger charge is 2.12. The maximum Gasteiger partial charge on any atom is 0.149 e. The minimum absolute atomic E-state index is 0.111. The molecule has 0 bridgehead atoms. The summed E-state index contributed by atoms with van der Waals surface area (Å²) in [6.07, 6.45) is 1.89. The van der Waals surface area contributed by atoms with E-state index >= 15 is 0 Å². The Morgan fingerprint density at radius 1 is 1.36 bits per heavy atom. The van der Waals surface area contributed by atoms with Gasteiger partial charge in [-0.3, -0.25) is 4.98 Å². The monoisotopic (exact) mass is 158 g/mol. The van der Waals surface area contributed by atoms with Crippen LogP contribution in [0.25, 0.3) is 0 Å². The fraction of sp³-hybridized carbons (Fsp3) is 0.286. The second-order valence-electron chi connectivity index (χ2n) is 2.31. The molecule has 4 heteroatoms. The first-order chi connectivity index (χ1) is 5.13. The number of hydrogen-bond donors (Lipinski definition) is 1. The molecule has 1 unspecified atom stereocenters. The SMILES string of the molecule is CC(N)c1c(F)cncc1F. The summed E-state index contributed by atoms with van der Waals surface area (Å²) in [6, 6.07) is -0.641. The number of nitrogens with two attached hydrogens (primary N) is 1. The second kappa shape index (κ2) is 2.92. The third-order valence-corrected chi connectivity index (χ3v) is 1.35. The summed E-state index contributed by atoms with van der Waals surface area (Å²) < 4.78 is 25.4. The summed E-state index contributed by atoms with van der Waals surface area (Å²) in [4.78, 5) is 3.32. The summed E-state index contributed by atoms with van der Waals surface area (Å²) in [5.41, 5.74) is 5.20. The zero-order valence-corrected chi connectivity index (χ0v) is 6.01. The minimum atomic E-state index is -0.694. The Bertz CT molecular complexity index is 240. The van der Waals surface area contributed by atoms with Gasteiger partial charge in [-0.25, -0.2) is 8.78 Å². The van der Waals surface area contributed by atoms with Crippen LogP contribution in [0.3, 0.4) is 0 Å². The molecule has 1 atom stereocenters. The van der Waals surface area contributed by atoms with E-state index in [9.17, 15) is 8.78 Å². The predicted molar refractivity (Wildman–Crippen MR) is 36.8 cm³/mol. The van der Waals surface area contributed by atoms with Gasteiger partial charge in [-0.2, -0.15) is 0 Å². The van der Waals surface area contributed by atoms with Crippen molar-refractivity contribution < 1.29 is 8.78 Å². The molecule has 1 rings (SSSR count). The van der Waals surface area contributed by atoms with Crippen LogP contribution in [0.5, 0.6) is 0 Å². The first-order valence-electron chi connectivity index (χ1n) is 3.17. The Kier molecular flexibility index (Phi) is 2.14. The highest BCUT2D eigenvalue weighted by Crippen LogP contribution is 2.16. The van der Waals surface area contributed by atoms with Gasteiger partial charge in [0.25, 0.3) is 0 Å². The first kappa shape index (κ1) is 8.07. The van der Waals surface area contributed by atoms with Gasteiger partial charge in [-0.05, 0) is 6.92 Å². The van der Waals surface area contributed by atoms with Gasteiger partial charge in [0.2, 0.25) is 0 Å². The van der Waals surface area contributed by atoms with Crippen molar-refractivity contribution in [2.24, 2.45) is 5.73 Å². The lowest BCUT2D eigenvalue weighted by atomic mass is 10.1. The molecule has 0 spiro atoms. The fourth-order valence-electron chi connectivity index (χ4n) is 0.856. The van der Waals surface area contributed by atoms with Gasteiger partial charge in [0.05, 0.1) is 12.4 Å². The number of pyridine rings is 1. The molecule has 1 aromatic heterocycles. The lowest BCUT2D eigenvalue weighted by Crippen LogP contribution is -2.10. The molecule has 0 aliphatic carbocycles. The van der Waals surface area contributed by atoms with Crippen LogP contribution in [0.4, 0.5) is 8.78 Å². The number of hydrogen-bond acceptors (Lipinski definition) is 2. The standard InChI is InChI=1S/C7H8F2N2/c1-4(10)7-5(8)2-11-3-6(7)9/h2-4H,10H2,1H3. The van der Waals surface area contributed by atoms with E-state index in [1.54, 1.807) is 0 Å². The van der Waals surface area contributed by atoms with Crippen molar-refractivity contribution in [3.8, 4) is 0 Å². The molecule has 60 valence electrons. The topological polar surface area (TPSA) is 38.9 Å². The molecule has 0 aromatic carbocycles. The average molecular weight is 158 g/mol. The van der Waals surface area contributed by atoms with Gasteiger partial charge < -0.3 is 5.73 Å². The van der Waals surface area contributed by atoms with E-state index in [1.165, 1.54) is 6.92 Å². The molecule has 2 N–H and O–H groups in total. The van der Waals surface area contributed by atoms with E-state index in [0.29, 0.717) is 0 Å². The smallest absolute Gasteiger partial charge is 0.149 e. The molecule has 2 nitrogen and oxygen atoms in total. The summed E-state index contributed by atoms with van der Waals surface area (Å²) in [5, 5.41) is 0. The molecule has 1 aromatic rings. The lowest BCUT2D eigenvalue weighted by Gasteiger charge is -2.06. The molecule has 0 amide bonds. The third-order valence-electron chi connectivity index (χ3n) is 1.35. The third kappa shape index (κ3) is 1.51. The lowest BCUT2D eigenvalue weighted by molar-refractivity contribution is 0.528. The van der Waals surface area contributed by atoms with Crippen LogP contribution in [0.1, 0.15) is 18.5 Å². The van der Waals surface area contributed by atoms with Crippen LogP contribution in [-0.4, -0.2) is 4.98 Å². The molecule has 11 heavy (non-hydrogen) atoms. The molecule has 0 saturated carbocycles. The molecule has 0 aliphatic heterocycles. The Labute approximate surface area is 63.1 Å². The minimum Gasteiger partial charge on any atom is -0.324 e. The molecule has 0 fully saturated rings. The van der Waals surface area contributed by atoms with E-state index in [1.807, 2.05) is 0 Å². The van der Waals surface area contributed by atoms with Crippen molar-refractivity contribution in [3.05, 3.63) is 29.6 Å². The highest BCUT2D eigenvalue weighted by molar-refractivity contribution is 5.18. The predicted octanol–water partition coefficient (Wildman–Crippen LogP) is 1.38. The Hall–Kier alpha value is -1.03. The molecule has 0 aliphatic rings. The number of rotatable bonds is 1. The van der Waals surface area contributed by atoms with E-state index in [4.69, 9.17) is 5.73 Å². The average Bonchev–Trinajstić information content (AvgIpc) is 1.85. The van der Waals surface area contributed by atoms with Crippen LogP contribution < -0.4 is 5.73 Å². The van der Waals surface area contributed by atoms with Gasteiger partial charge in [0.1, 0.15) is 11.6 Å². The zero-order chi connectivity index (χ0) is 8.43. The van der Waals surface area contributed by atoms with Gasteiger partial charge in [0, 0.05) is 11.6 Å². The van der Waals surface area contributed by atoms with Gasteiger partial charge >= 0.3 is 0 Å². The van der Waals surface area contributed by atoms with Crippen LogP contribution in [0.2, 0.25) is 0 Å². The van der Waals surface area contributed by atoms with Crippen molar-refractivity contribution in [1.82, 2.24) is 4.98 Å². The summed E-state index contributed by atoms with van der Waals surface area (Å²) in [5.74, 6) is -1.39. The van der Waals surface area contributed by atoms with Crippen molar-refractivity contribution in [2.75, 3.05) is 0 Å². The molecule has 0 radical (unpaired) electrons. The maximum absolute atomic E-state index is 12.7. The maximum atomic E-state index is 12.7. The van der Waals surface area contributed by atoms with Crippen molar-refractivity contribution in [2.45, 2.75) is 13.0 Å². The van der Waals surface area contributed by atoms with Crippen molar-refractivity contribution in [1.29, 1.82) is 0 Å². The van der Waals surface area contributed by atoms with E-state index in [0.717, 1.165) is 12.4 Å². The van der Waals surface area contributed by atoms with Gasteiger partial charge in [-0.1, -0.05) is 0 Å². The van der Waals surface area contributed by atoms with Crippen LogP contribution in [-0.2, 0) is 0 Å².